The number of hydrogen-bond acceptors (Lipinski definition) is 8. The quantitative estimate of drug-likeness (QED) is 0.132. The standard InChI is InChI=1S/C27H36BFN2O4Si.C21H24BrFN2O2Si/c1-25(2,3)36(8,9)33-16-20-21(28-34-26(4,5)27(6,7)35-28)11-10-12-23(20)31-17-30-22-14-13-18(29)15-19(22)24(31)32;1-21(2,3)28(4,5)27-12-16-17(22)7-6-8-19(16)25-13-24-18-10-9-14(23)11-15(18)20(25)26/h10-15,17H,16H2,1-9H3;6-11,13H,12H2,1-5H3. The molecule has 1 saturated heterocycles. The Hall–Kier alpha value is -4.16. The molecule has 6 aromatic rings. The fraction of sp³-hybridized carbons (Fsp3) is 0.417. The Labute approximate surface area is 385 Å². The summed E-state index contributed by atoms with van der Waals surface area (Å²) in [6.45, 7) is 30.6. The largest absolute Gasteiger partial charge is 0.495 e. The molecule has 0 radical (unpaired) electrons. The third-order valence-electron chi connectivity index (χ3n) is 13.5. The van der Waals surface area contributed by atoms with Gasteiger partial charge >= 0.3 is 7.12 Å². The van der Waals surface area contributed by atoms with Crippen LogP contribution in [-0.4, -0.2) is 54.1 Å². The summed E-state index contributed by atoms with van der Waals surface area (Å²) in [5, 5.41) is 0.548. The zero-order valence-corrected chi connectivity index (χ0v) is 43.0. The summed E-state index contributed by atoms with van der Waals surface area (Å²) >= 11 is 3.59. The molecule has 0 unspecified atom stereocenters. The molecule has 0 atom stereocenters. The highest BCUT2D eigenvalue weighted by Gasteiger charge is 2.52. The number of hydrogen-bond donors (Lipinski definition) is 0. The van der Waals surface area contributed by atoms with Crippen LogP contribution in [0.3, 0.4) is 0 Å². The van der Waals surface area contributed by atoms with Crippen molar-refractivity contribution in [2.45, 2.75) is 130 Å². The second-order valence-corrected chi connectivity index (χ2v) is 30.9. The van der Waals surface area contributed by atoms with E-state index in [2.05, 4.69) is 93.6 Å². The van der Waals surface area contributed by atoms with E-state index in [9.17, 15) is 18.4 Å². The van der Waals surface area contributed by atoms with Crippen LogP contribution in [0, 0.1) is 11.6 Å². The van der Waals surface area contributed by atoms with E-state index < -0.39 is 46.6 Å². The van der Waals surface area contributed by atoms with Gasteiger partial charge in [0.15, 0.2) is 16.6 Å². The van der Waals surface area contributed by atoms with Gasteiger partial charge in [0, 0.05) is 15.6 Å². The van der Waals surface area contributed by atoms with Crippen molar-refractivity contribution in [1.29, 1.82) is 0 Å². The van der Waals surface area contributed by atoms with Crippen LogP contribution in [-0.2, 0) is 31.4 Å². The molecule has 340 valence electrons. The fourth-order valence-electron chi connectivity index (χ4n) is 6.55. The van der Waals surface area contributed by atoms with Gasteiger partial charge in [0.05, 0.1) is 57.6 Å². The number of benzene rings is 4. The average Bonchev–Trinajstić information content (AvgIpc) is 3.42. The van der Waals surface area contributed by atoms with Gasteiger partial charge in [0.25, 0.3) is 11.1 Å². The van der Waals surface area contributed by atoms with Crippen molar-refractivity contribution in [1.82, 2.24) is 19.1 Å². The Kier molecular flexibility index (Phi) is 13.8. The van der Waals surface area contributed by atoms with E-state index in [1.807, 2.05) is 64.1 Å². The molecule has 2 aromatic heterocycles. The number of halogens is 3. The van der Waals surface area contributed by atoms with Gasteiger partial charge in [-0.25, -0.2) is 18.7 Å². The number of nitrogens with zero attached hydrogens (tertiary/aromatic N) is 4. The fourth-order valence-corrected chi connectivity index (χ4v) is 8.90. The first-order chi connectivity index (χ1) is 29.5. The van der Waals surface area contributed by atoms with Crippen LogP contribution in [0.2, 0.25) is 36.3 Å². The summed E-state index contributed by atoms with van der Waals surface area (Å²) in [5.41, 5.74) is 2.96. The molecular weight excluding hydrogens is 913 g/mol. The highest BCUT2D eigenvalue weighted by molar-refractivity contribution is 9.10. The van der Waals surface area contributed by atoms with E-state index in [1.165, 1.54) is 58.2 Å². The van der Waals surface area contributed by atoms with E-state index in [0.29, 0.717) is 29.0 Å². The summed E-state index contributed by atoms with van der Waals surface area (Å²) in [6, 6.07) is 19.4. The summed E-state index contributed by atoms with van der Waals surface area (Å²) in [4.78, 5) is 35.3. The molecule has 0 bridgehead atoms. The lowest BCUT2D eigenvalue weighted by Crippen LogP contribution is -2.43. The average molecular weight is 974 g/mol. The van der Waals surface area contributed by atoms with Gasteiger partial charge in [-0.3, -0.25) is 18.7 Å². The smallest absolute Gasteiger partial charge is 0.412 e. The lowest BCUT2D eigenvalue weighted by Gasteiger charge is -2.36. The molecule has 1 fully saturated rings. The lowest BCUT2D eigenvalue weighted by molar-refractivity contribution is 0.00578. The SMILES string of the molecule is CC(C)(C)[Si](C)(C)OCc1c(Br)cccc1-n1cnc2ccc(F)cc2c1=O.CC1(C)OB(c2cccc(-n3cnc4ccc(F)cc4c3=O)c2CO[Si](C)(C)C(C)(C)C)OC1(C)C. The highest BCUT2D eigenvalue weighted by Crippen LogP contribution is 2.40. The van der Waals surface area contributed by atoms with E-state index in [4.69, 9.17) is 18.2 Å². The molecule has 7 rings (SSSR count). The van der Waals surface area contributed by atoms with Crippen molar-refractivity contribution >= 4 is 67.0 Å². The molecule has 0 spiro atoms. The molecule has 0 aliphatic carbocycles. The van der Waals surface area contributed by atoms with Crippen LogP contribution in [0.4, 0.5) is 8.78 Å². The monoisotopic (exact) mass is 972 g/mol. The molecule has 0 N–H and O–H groups in total. The summed E-state index contributed by atoms with van der Waals surface area (Å²) < 4.78 is 57.2. The molecule has 1 aliphatic rings. The molecule has 3 heterocycles. The zero-order chi connectivity index (χ0) is 47.4. The predicted octanol–water partition coefficient (Wildman–Crippen LogP) is 11.2. The normalized spacial score (nSPS) is 15.4. The maximum absolute atomic E-state index is 14.0. The van der Waals surface area contributed by atoms with E-state index >= 15 is 0 Å². The first-order valence-corrected chi connectivity index (χ1v) is 28.0. The molecule has 10 nitrogen and oxygen atoms in total. The lowest BCUT2D eigenvalue weighted by atomic mass is 9.75. The van der Waals surface area contributed by atoms with Gasteiger partial charge in [0.2, 0.25) is 0 Å². The Morgan fingerprint density at radius 2 is 1.06 bits per heavy atom. The van der Waals surface area contributed by atoms with Crippen LogP contribution < -0.4 is 16.6 Å². The molecule has 0 amide bonds. The van der Waals surface area contributed by atoms with Gasteiger partial charge < -0.3 is 18.2 Å². The van der Waals surface area contributed by atoms with Crippen molar-refractivity contribution in [2.75, 3.05) is 0 Å². The van der Waals surface area contributed by atoms with Crippen molar-refractivity contribution in [3.63, 3.8) is 0 Å². The van der Waals surface area contributed by atoms with Crippen LogP contribution in [0.5, 0.6) is 0 Å². The molecule has 0 saturated carbocycles. The van der Waals surface area contributed by atoms with Crippen molar-refractivity contribution < 1.29 is 26.9 Å². The molecule has 16 heteroatoms. The molecule has 4 aromatic carbocycles. The second kappa shape index (κ2) is 17.9. The topological polar surface area (TPSA) is 107 Å². The third kappa shape index (κ3) is 9.98. The van der Waals surface area contributed by atoms with E-state index in [1.54, 1.807) is 0 Å². The minimum Gasteiger partial charge on any atom is -0.412 e. The van der Waals surface area contributed by atoms with Crippen LogP contribution in [0.1, 0.15) is 80.4 Å². The minimum absolute atomic E-state index is 0.00527. The summed E-state index contributed by atoms with van der Waals surface area (Å²) in [5.74, 6) is -0.938. The Balaban J connectivity index is 0.000000219. The van der Waals surface area contributed by atoms with Gasteiger partial charge in [-0.1, -0.05) is 75.7 Å². The van der Waals surface area contributed by atoms with Crippen LogP contribution in [0.25, 0.3) is 33.2 Å². The van der Waals surface area contributed by atoms with Crippen molar-refractivity contribution in [3.8, 4) is 11.4 Å². The maximum Gasteiger partial charge on any atom is 0.495 e. The van der Waals surface area contributed by atoms with Gasteiger partial charge in [0.1, 0.15) is 24.3 Å². The molecule has 64 heavy (non-hydrogen) atoms. The molecular formula is C48H60BBrF2N4O6Si2. The van der Waals surface area contributed by atoms with Gasteiger partial charge in [-0.15, -0.1) is 0 Å². The van der Waals surface area contributed by atoms with Crippen molar-refractivity contribution in [3.05, 3.63) is 133 Å². The van der Waals surface area contributed by atoms with Gasteiger partial charge in [-0.2, -0.15) is 0 Å². The minimum atomic E-state index is -2.13. The Morgan fingerprint density at radius 1 is 0.656 bits per heavy atom. The third-order valence-corrected chi connectivity index (χ3v) is 23.2. The van der Waals surface area contributed by atoms with E-state index in [0.717, 1.165) is 21.1 Å². The maximum atomic E-state index is 14.0. The number of rotatable bonds is 9. The highest BCUT2D eigenvalue weighted by atomic mass is 79.9. The second-order valence-electron chi connectivity index (χ2n) is 20.4. The first kappa shape index (κ1) is 49.3. The van der Waals surface area contributed by atoms with E-state index in [-0.39, 0.29) is 38.6 Å². The van der Waals surface area contributed by atoms with Crippen molar-refractivity contribution in [2.24, 2.45) is 0 Å². The predicted molar refractivity (Wildman–Crippen MR) is 262 cm³/mol. The first-order valence-electron chi connectivity index (χ1n) is 21.4. The zero-order valence-electron chi connectivity index (χ0n) is 39.4. The summed E-state index contributed by atoms with van der Waals surface area (Å²) in [7, 11) is -4.73. The van der Waals surface area contributed by atoms with Crippen LogP contribution >= 0.6 is 15.9 Å². The number of aromatic nitrogens is 4. The Morgan fingerprint density at radius 3 is 1.50 bits per heavy atom. The Bertz CT molecular complexity index is 2820. The number of fused-ring (bicyclic) bond motifs is 2. The van der Waals surface area contributed by atoms with Crippen LogP contribution in [0.15, 0.2) is 99.5 Å². The summed E-state index contributed by atoms with van der Waals surface area (Å²) in [6.07, 6.45) is 2.97. The van der Waals surface area contributed by atoms with Gasteiger partial charge in [-0.05, 0) is 124 Å². The molecule has 1 aliphatic heterocycles.